The lowest BCUT2D eigenvalue weighted by Crippen LogP contribution is -2.16. The highest BCUT2D eigenvalue weighted by atomic mass is 15.3. The van der Waals surface area contributed by atoms with E-state index >= 15 is 0 Å². The highest BCUT2D eigenvalue weighted by Crippen LogP contribution is 2.30. The summed E-state index contributed by atoms with van der Waals surface area (Å²) in [6, 6.07) is 8.03. The number of benzene rings is 1. The Morgan fingerprint density at radius 2 is 2.08 bits per heavy atom. The van der Waals surface area contributed by atoms with Gasteiger partial charge in [-0.05, 0) is 37.7 Å². The third-order valence-corrected chi connectivity index (χ3v) is 4.38. The number of nitrogens with one attached hydrogen (secondary N) is 1. The Morgan fingerprint density at radius 3 is 2.80 bits per heavy atom. The number of pyridine rings is 1. The summed E-state index contributed by atoms with van der Waals surface area (Å²) in [4.78, 5) is 9.32. The number of nitrogens with two attached hydrogens (primary N) is 1. The van der Waals surface area contributed by atoms with Crippen LogP contribution in [0.15, 0.2) is 36.7 Å². The van der Waals surface area contributed by atoms with E-state index in [1.54, 1.807) is 6.20 Å². The second kappa shape index (κ2) is 6.18. The highest BCUT2D eigenvalue weighted by molar-refractivity contribution is 6.07. The van der Waals surface area contributed by atoms with Gasteiger partial charge in [-0.15, -0.1) is 0 Å². The molecular weight excluding hydrogens is 314 g/mol. The van der Waals surface area contributed by atoms with Gasteiger partial charge in [0.1, 0.15) is 11.3 Å². The molecule has 3 heterocycles. The van der Waals surface area contributed by atoms with Gasteiger partial charge >= 0.3 is 0 Å². The van der Waals surface area contributed by atoms with E-state index in [9.17, 15) is 0 Å². The molecule has 3 N–H and O–H groups in total. The van der Waals surface area contributed by atoms with Crippen molar-refractivity contribution >= 4 is 27.8 Å². The number of fused-ring (bicyclic) bond motifs is 3. The van der Waals surface area contributed by atoms with Gasteiger partial charge in [0.05, 0.1) is 23.3 Å². The fourth-order valence-corrected chi connectivity index (χ4v) is 3.22. The summed E-state index contributed by atoms with van der Waals surface area (Å²) < 4.78 is 4.03. The predicted octanol–water partition coefficient (Wildman–Crippen LogP) is 2.48. The summed E-state index contributed by atoms with van der Waals surface area (Å²) in [6.45, 7) is 6.65. The van der Waals surface area contributed by atoms with Gasteiger partial charge < -0.3 is 15.6 Å². The molecule has 0 atom stereocenters. The Labute approximate surface area is 145 Å². The minimum atomic E-state index is 0.463. The van der Waals surface area contributed by atoms with Gasteiger partial charge in [-0.25, -0.2) is 14.6 Å². The van der Waals surface area contributed by atoms with Crippen molar-refractivity contribution in [2.75, 3.05) is 12.3 Å². The van der Waals surface area contributed by atoms with Gasteiger partial charge in [0.15, 0.2) is 5.82 Å². The highest BCUT2D eigenvalue weighted by Gasteiger charge is 2.16. The Balaban J connectivity index is 1.97. The van der Waals surface area contributed by atoms with Crippen molar-refractivity contribution < 1.29 is 0 Å². The Hall–Kier alpha value is -2.93. The van der Waals surface area contributed by atoms with Crippen LogP contribution in [-0.2, 0) is 13.1 Å². The van der Waals surface area contributed by atoms with Crippen molar-refractivity contribution in [3.8, 4) is 5.69 Å². The molecule has 0 fully saturated rings. The van der Waals surface area contributed by atoms with Crippen LogP contribution in [0.2, 0.25) is 0 Å². The number of hydrogen-bond donors (Lipinski definition) is 2. The Morgan fingerprint density at radius 1 is 1.20 bits per heavy atom. The molecule has 0 radical (unpaired) electrons. The third kappa shape index (κ3) is 2.53. The van der Waals surface area contributed by atoms with Crippen LogP contribution >= 0.6 is 0 Å². The number of aromatic nitrogens is 5. The number of rotatable bonds is 5. The van der Waals surface area contributed by atoms with E-state index in [1.165, 1.54) is 0 Å². The molecule has 0 amide bonds. The fraction of sp³-hybridized carbons (Fsp3) is 0.278. The Kier molecular flexibility index (Phi) is 3.85. The average molecular weight is 335 g/mol. The summed E-state index contributed by atoms with van der Waals surface area (Å²) >= 11 is 0. The maximum Gasteiger partial charge on any atom is 0.152 e. The lowest BCUT2D eigenvalue weighted by Gasteiger charge is -2.09. The van der Waals surface area contributed by atoms with Gasteiger partial charge in [-0.3, -0.25) is 0 Å². The second-order valence-corrected chi connectivity index (χ2v) is 5.90. The smallest absolute Gasteiger partial charge is 0.152 e. The van der Waals surface area contributed by atoms with Gasteiger partial charge in [-0.1, -0.05) is 6.92 Å². The molecule has 1 aromatic carbocycles. The van der Waals surface area contributed by atoms with Crippen LogP contribution in [0.25, 0.3) is 27.6 Å². The molecule has 0 saturated carbocycles. The van der Waals surface area contributed by atoms with Crippen LogP contribution in [0, 0.1) is 0 Å². The average Bonchev–Trinajstić information content (AvgIpc) is 3.27. The largest absolute Gasteiger partial charge is 0.382 e. The van der Waals surface area contributed by atoms with E-state index in [2.05, 4.69) is 39.9 Å². The summed E-state index contributed by atoms with van der Waals surface area (Å²) in [7, 11) is 0. The number of aryl methyl sites for hydroxylation is 1. The maximum atomic E-state index is 6.23. The van der Waals surface area contributed by atoms with Crippen LogP contribution in [-0.4, -0.2) is 30.9 Å². The van der Waals surface area contributed by atoms with E-state index < -0.39 is 0 Å². The summed E-state index contributed by atoms with van der Waals surface area (Å²) in [6.07, 6.45) is 3.67. The van der Waals surface area contributed by atoms with Crippen molar-refractivity contribution in [3.05, 3.63) is 42.5 Å². The zero-order valence-electron chi connectivity index (χ0n) is 14.4. The first-order chi connectivity index (χ1) is 12.2. The van der Waals surface area contributed by atoms with E-state index in [0.717, 1.165) is 46.5 Å². The maximum absolute atomic E-state index is 6.23. The summed E-state index contributed by atoms with van der Waals surface area (Å²) in [5.41, 5.74) is 9.85. The second-order valence-electron chi connectivity index (χ2n) is 5.90. The predicted molar refractivity (Wildman–Crippen MR) is 99.6 cm³/mol. The molecule has 4 aromatic rings. The third-order valence-electron chi connectivity index (χ3n) is 4.38. The van der Waals surface area contributed by atoms with Gasteiger partial charge in [0.25, 0.3) is 0 Å². The number of nitrogen functional groups attached to an aromatic ring is 1. The fourth-order valence-electron chi connectivity index (χ4n) is 3.22. The minimum Gasteiger partial charge on any atom is -0.382 e. The molecule has 4 rings (SSSR count). The number of imidazole rings is 1. The van der Waals surface area contributed by atoms with E-state index in [4.69, 9.17) is 10.7 Å². The van der Waals surface area contributed by atoms with E-state index in [-0.39, 0.29) is 0 Å². The number of anilines is 1. The molecule has 25 heavy (non-hydrogen) atoms. The van der Waals surface area contributed by atoms with Crippen molar-refractivity contribution in [1.82, 2.24) is 29.6 Å². The quantitative estimate of drug-likeness (QED) is 0.585. The SMILES string of the molecule is CCNCc1nc2c(N)nc3cc(-n4cccn4)ccc3c2n1CC. The molecule has 0 aliphatic carbocycles. The molecule has 0 aliphatic heterocycles. The standard InChI is InChI=1S/C18H21N7/c1-3-20-11-15-23-16-17(24(15)4-2)13-7-6-12(25-9-5-8-21-25)10-14(13)22-18(16)19/h5-10,20H,3-4,11H2,1-2H3,(H2,19,22). The first kappa shape index (κ1) is 15.6. The topological polar surface area (TPSA) is 86.6 Å². The molecule has 0 spiro atoms. The van der Waals surface area contributed by atoms with Crippen molar-refractivity contribution in [1.29, 1.82) is 0 Å². The normalized spacial score (nSPS) is 11.6. The molecule has 0 unspecified atom stereocenters. The monoisotopic (exact) mass is 335 g/mol. The first-order valence-electron chi connectivity index (χ1n) is 8.52. The van der Waals surface area contributed by atoms with Gasteiger partial charge in [-0.2, -0.15) is 5.10 Å². The molecule has 7 nitrogen and oxygen atoms in total. The van der Waals surface area contributed by atoms with Crippen LogP contribution in [0.3, 0.4) is 0 Å². The van der Waals surface area contributed by atoms with Crippen LogP contribution < -0.4 is 11.1 Å². The van der Waals surface area contributed by atoms with Gasteiger partial charge in [0, 0.05) is 24.3 Å². The number of hydrogen-bond acceptors (Lipinski definition) is 5. The van der Waals surface area contributed by atoms with Gasteiger partial charge in [0.2, 0.25) is 0 Å². The molecular formula is C18H21N7. The van der Waals surface area contributed by atoms with E-state index in [1.807, 2.05) is 29.1 Å². The lowest BCUT2D eigenvalue weighted by molar-refractivity contribution is 0.639. The molecule has 0 bridgehead atoms. The van der Waals surface area contributed by atoms with Crippen molar-refractivity contribution in [2.24, 2.45) is 0 Å². The molecule has 128 valence electrons. The van der Waals surface area contributed by atoms with Crippen LogP contribution in [0.1, 0.15) is 19.7 Å². The Bertz CT molecular complexity index is 1030. The summed E-state index contributed by atoms with van der Waals surface area (Å²) in [5, 5.41) is 8.67. The summed E-state index contributed by atoms with van der Waals surface area (Å²) in [5.74, 6) is 1.45. The zero-order valence-corrected chi connectivity index (χ0v) is 14.4. The first-order valence-corrected chi connectivity index (χ1v) is 8.52. The van der Waals surface area contributed by atoms with Crippen LogP contribution in [0.5, 0.6) is 0 Å². The van der Waals surface area contributed by atoms with Crippen molar-refractivity contribution in [2.45, 2.75) is 26.9 Å². The van der Waals surface area contributed by atoms with Crippen molar-refractivity contribution in [3.63, 3.8) is 0 Å². The minimum absolute atomic E-state index is 0.463. The number of nitrogens with zero attached hydrogens (tertiary/aromatic N) is 5. The molecule has 0 saturated heterocycles. The lowest BCUT2D eigenvalue weighted by atomic mass is 10.1. The zero-order chi connectivity index (χ0) is 17.4. The molecule has 3 aromatic heterocycles. The molecule has 7 heteroatoms. The van der Waals surface area contributed by atoms with E-state index in [0.29, 0.717) is 12.4 Å². The van der Waals surface area contributed by atoms with Crippen LogP contribution in [0.4, 0.5) is 5.82 Å². The molecule has 0 aliphatic rings.